The van der Waals surface area contributed by atoms with Gasteiger partial charge in [0.25, 0.3) is 0 Å². The van der Waals surface area contributed by atoms with Crippen LogP contribution < -0.4 is 4.74 Å². The molecule has 0 aliphatic carbocycles. The van der Waals surface area contributed by atoms with Crippen LogP contribution in [0.15, 0.2) is 48.5 Å². The number of hydrogen-bond acceptors (Lipinski definition) is 2. The van der Waals surface area contributed by atoms with Crippen LogP contribution in [-0.2, 0) is 4.74 Å². The van der Waals surface area contributed by atoms with Crippen LogP contribution in [0.5, 0.6) is 5.75 Å². The van der Waals surface area contributed by atoms with E-state index in [4.69, 9.17) is 9.47 Å². The van der Waals surface area contributed by atoms with Crippen molar-refractivity contribution in [3.8, 4) is 5.75 Å². The van der Waals surface area contributed by atoms with E-state index < -0.39 is 0 Å². The average molecular weight is 252 g/mol. The van der Waals surface area contributed by atoms with Gasteiger partial charge in [-0.25, -0.2) is 0 Å². The van der Waals surface area contributed by atoms with Crippen molar-refractivity contribution in [2.24, 2.45) is 0 Å². The lowest BCUT2D eigenvalue weighted by Gasteiger charge is -2.24. The Hall–Kier alpha value is -2.22. The molecular formula is C17H16O2. The molecule has 2 aromatic rings. The van der Waals surface area contributed by atoms with Gasteiger partial charge in [-0.2, -0.15) is 0 Å². The minimum Gasteiger partial charge on any atom is -0.497 e. The van der Waals surface area contributed by atoms with Crippen LogP contribution in [0.3, 0.4) is 0 Å². The molecule has 0 saturated heterocycles. The second kappa shape index (κ2) is 4.81. The average Bonchev–Trinajstić information content (AvgIpc) is 2.47. The van der Waals surface area contributed by atoms with Gasteiger partial charge >= 0.3 is 0 Å². The van der Waals surface area contributed by atoms with Crippen molar-refractivity contribution in [2.75, 3.05) is 7.11 Å². The summed E-state index contributed by atoms with van der Waals surface area (Å²) in [6.07, 6.45) is 2.16. The molecule has 0 bridgehead atoms. The number of rotatable bonds is 2. The molecule has 96 valence electrons. The second-order valence-corrected chi connectivity index (χ2v) is 4.63. The summed E-state index contributed by atoms with van der Waals surface area (Å²) in [6, 6.07) is 16.3. The standard InChI is InChI=1S/C17H16O2/c1-12-16-9-4-3-6-13(16)11-17(19-12)14-7-5-8-15(10-14)18-2/h3-12H,1-2H3. The molecule has 1 aliphatic heterocycles. The number of hydrogen-bond donors (Lipinski definition) is 0. The van der Waals surface area contributed by atoms with E-state index in [9.17, 15) is 0 Å². The highest BCUT2D eigenvalue weighted by Gasteiger charge is 2.19. The Balaban J connectivity index is 2.05. The summed E-state index contributed by atoms with van der Waals surface area (Å²) >= 11 is 0. The lowest BCUT2D eigenvalue weighted by atomic mass is 9.98. The van der Waals surface area contributed by atoms with Crippen molar-refractivity contribution in [1.29, 1.82) is 0 Å². The van der Waals surface area contributed by atoms with E-state index in [-0.39, 0.29) is 6.10 Å². The number of fused-ring (bicyclic) bond motifs is 1. The Kier molecular flexibility index (Phi) is 3.00. The Morgan fingerprint density at radius 3 is 2.74 bits per heavy atom. The molecule has 19 heavy (non-hydrogen) atoms. The van der Waals surface area contributed by atoms with E-state index >= 15 is 0 Å². The topological polar surface area (TPSA) is 18.5 Å². The van der Waals surface area contributed by atoms with Gasteiger partial charge in [0.05, 0.1) is 7.11 Å². The largest absolute Gasteiger partial charge is 0.497 e. The molecule has 1 aliphatic rings. The lowest BCUT2D eigenvalue weighted by Crippen LogP contribution is -2.06. The van der Waals surface area contributed by atoms with Gasteiger partial charge < -0.3 is 9.47 Å². The van der Waals surface area contributed by atoms with E-state index in [2.05, 4.69) is 31.2 Å². The van der Waals surface area contributed by atoms with Crippen molar-refractivity contribution < 1.29 is 9.47 Å². The predicted octanol–water partition coefficient (Wildman–Crippen LogP) is 4.28. The van der Waals surface area contributed by atoms with E-state index in [0.717, 1.165) is 17.1 Å². The first-order valence-electron chi connectivity index (χ1n) is 6.39. The van der Waals surface area contributed by atoms with E-state index in [0.29, 0.717) is 0 Å². The maximum absolute atomic E-state index is 6.00. The first-order chi connectivity index (χ1) is 9.28. The molecule has 3 rings (SSSR count). The molecule has 2 aromatic carbocycles. The summed E-state index contributed by atoms with van der Waals surface area (Å²) in [6.45, 7) is 2.08. The summed E-state index contributed by atoms with van der Waals surface area (Å²) in [4.78, 5) is 0. The third kappa shape index (κ3) is 2.22. The van der Waals surface area contributed by atoms with Gasteiger partial charge in [-0.3, -0.25) is 0 Å². The molecule has 2 heteroatoms. The zero-order chi connectivity index (χ0) is 13.2. The summed E-state index contributed by atoms with van der Waals surface area (Å²) < 4.78 is 11.3. The van der Waals surface area contributed by atoms with Crippen LogP contribution in [0.25, 0.3) is 11.8 Å². The zero-order valence-electron chi connectivity index (χ0n) is 11.1. The first kappa shape index (κ1) is 11.8. The monoisotopic (exact) mass is 252 g/mol. The van der Waals surface area contributed by atoms with E-state index in [1.807, 2.05) is 30.3 Å². The molecule has 0 fully saturated rings. The molecule has 0 saturated carbocycles. The third-order valence-electron chi connectivity index (χ3n) is 3.38. The molecule has 0 radical (unpaired) electrons. The van der Waals surface area contributed by atoms with Crippen LogP contribution in [0.2, 0.25) is 0 Å². The van der Waals surface area contributed by atoms with Crippen LogP contribution in [0.4, 0.5) is 0 Å². The maximum atomic E-state index is 6.00. The predicted molar refractivity (Wildman–Crippen MR) is 76.8 cm³/mol. The fourth-order valence-corrected chi connectivity index (χ4v) is 2.37. The van der Waals surface area contributed by atoms with Crippen LogP contribution in [-0.4, -0.2) is 7.11 Å². The summed E-state index contributed by atoms with van der Waals surface area (Å²) in [5.74, 6) is 1.73. The van der Waals surface area contributed by atoms with E-state index in [1.54, 1.807) is 7.11 Å². The molecule has 1 heterocycles. The van der Waals surface area contributed by atoms with Crippen molar-refractivity contribution >= 4 is 11.8 Å². The van der Waals surface area contributed by atoms with Crippen molar-refractivity contribution in [2.45, 2.75) is 13.0 Å². The smallest absolute Gasteiger partial charge is 0.128 e. The van der Waals surface area contributed by atoms with Gasteiger partial charge in [-0.05, 0) is 36.3 Å². The molecule has 1 unspecified atom stereocenters. The molecule has 0 spiro atoms. The molecular weight excluding hydrogens is 236 g/mol. The Labute approximate surface area is 113 Å². The minimum atomic E-state index is 0.0717. The highest BCUT2D eigenvalue weighted by Crippen LogP contribution is 2.35. The van der Waals surface area contributed by atoms with Crippen LogP contribution >= 0.6 is 0 Å². The van der Waals surface area contributed by atoms with Gasteiger partial charge in [0.15, 0.2) is 0 Å². The molecule has 1 atom stereocenters. The molecule has 0 N–H and O–H groups in total. The summed E-state index contributed by atoms with van der Waals surface area (Å²) in [7, 11) is 1.67. The Morgan fingerprint density at radius 2 is 1.89 bits per heavy atom. The number of ether oxygens (including phenoxy) is 2. The number of methoxy groups -OCH3 is 1. The van der Waals surface area contributed by atoms with Crippen molar-refractivity contribution in [3.63, 3.8) is 0 Å². The van der Waals surface area contributed by atoms with Gasteiger partial charge in [0.1, 0.15) is 17.6 Å². The first-order valence-corrected chi connectivity index (χ1v) is 6.39. The normalized spacial score (nSPS) is 17.2. The fourth-order valence-electron chi connectivity index (χ4n) is 2.37. The fraction of sp³-hybridized carbons (Fsp3) is 0.176. The highest BCUT2D eigenvalue weighted by molar-refractivity contribution is 5.80. The van der Waals surface area contributed by atoms with Gasteiger partial charge in [0, 0.05) is 5.56 Å². The zero-order valence-corrected chi connectivity index (χ0v) is 11.1. The van der Waals surface area contributed by atoms with Crippen molar-refractivity contribution in [1.82, 2.24) is 0 Å². The maximum Gasteiger partial charge on any atom is 0.128 e. The van der Waals surface area contributed by atoms with Gasteiger partial charge in [-0.15, -0.1) is 0 Å². The van der Waals surface area contributed by atoms with Crippen LogP contribution in [0.1, 0.15) is 29.7 Å². The molecule has 2 nitrogen and oxygen atoms in total. The number of benzene rings is 2. The van der Waals surface area contributed by atoms with Crippen LogP contribution in [0, 0.1) is 0 Å². The quantitative estimate of drug-likeness (QED) is 0.794. The second-order valence-electron chi connectivity index (χ2n) is 4.63. The summed E-state index contributed by atoms with van der Waals surface area (Å²) in [5, 5.41) is 0. The lowest BCUT2D eigenvalue weighted by molar-refractivity contribution is 0.186. The van der Waals surface area contributed by atoms with Gasteiger partial charge in [-0.1, -0.05) is 36.4 Å². The Morgan fingerprint density at radius 1 is 1.05 bits per heavy atom. The van der Waals surface area contributed by atoms with Gasteiger partial charge in [0.2, 0.25) is 0 Å². The highest BCUT2D eigenvalue weighted by atomic mass is 16.5. The van der Waals surface area contributed by atoms with E-state index in [1.165, 1.54) is 11.1 Å². The molecule has 0 amide bonds. The summed E-state index contributed by atoms with van der Waals surface area (Å²) in [5.41, 5.74) is 3.49. The Bertz CT molecular complexity index is 629. The minimum absolute atomic E-state index is 0.0717. The molecule has 0 aromatic heterocycles. The SMILES string of the molecule is COc1cccc(C2=Cc3ccccc3C(C)O2)c1. The van der Waals surface area contributed by atoms with Crippen molar-refractivity contribution in [3.05, 3.63) is 65.2 Å². The third-order valence-corrected chi connectivity index (χ3v) is 3.38.